The Kier molecular flexibility index (Phi) is 5.66. The maximum atomic E-state index is 11.8. The van der Waals surface area contributed by atoms with Gasteiger partial charge in [-0.3, -0.25) is 25.3 Å². The third-order valence-corrected chi connectivity index (χ3v) is 3.98. The summed E-state index contributed by atoms with van der Waals surface area (Å²) in [6.07, 6.45) is 0.308. The molecule has 8 heteroatoms. The number of aryl methyl sites for hydroxylation is 1. The van der Waals surface area contributed by atoms with Crippen LogP contribution in [0.15, 0.2) is 5.38 Å². The summed E-state index contributed by atoms with van der Waals surface area (Å²) >= 11 is 1.43. The first kappa shape index (κ1) is 15.9. The maximum absolute atomic E-state index is 11.8. The molecule has 1 atom stereocenters. The fourth-order valence-electron chi connectivity index (χ4n) is 2.08. The highest BCUT2D eigenvalue weighted by Gasteiger charge is 2.19. The number of hydrogen-bond acceptors (Lipinski definition) is 6. The van der Waals surface area contributed by atoms with Crippen molar-refractivity contribution >= 4 is 23.2 Å². The smallest absolute Gasteiger partial charge is 0.252 e. The summed E-state index contributed by atoms with van der Waals surface area (Å²) < 4.78 is 5.41. The van der Waals surface area contributed by atoms with Gasteiger partial charge in [-0.25, -0.2) is 4.98 Å². The van der Waals surface area contributed by atoms with Crippen molar-refractivity contribution in [1.82, 2.24) is 20.7 Å². The molecular formula is C13H20N4O3S. The van der Waals surface area contributed by atoms with Gasteiger partial charge in [-0.2, -0.15) is 0 Å². The van der Waals surface area contributed by atoms with Crippen LogP contribution in [0.3, 0.4) is 0 Å². The Morgan fingerprint density at radius 3 is 2.90 bits per heavy atom. The number of carbonyl (C=O) groups excluding carboxylic acids is 2. The van der Waals surface area contributed by atoms with Gasteiger partial charge < -0.3 is 4.74 Å². The molecule has 21 heavy (non-hydrogen) atoms. The van der Waals surface area contributed by atoms with Gasteiger partial charge in [0.25, 0.3) is 5.91 Å². The summed E-state index contributed by atoms with van der Waals surface area (Å²) in [5, 5.41) is 2.63. The molecule has 2 N–H and O–H groups in total. The van der Waals surface area contributed by atoms with Crippen LogP contribution in [0.4, 0.5) is 0 Å². The predicted octanol–water partition coefficient (Wildman–Crippen LogP) is -0.138. The van der Waals surface area contributed by atoms with E-state index < -0.39 is 0 Å². The van der Waals surface area contributed by atoms with Crippen molar-refractivity contribution in [2.24, 2.45) is 0 Å². The number of hydrogen-bond donors (Lipinski definition) is 2. The van der Waals surface area contributed by atoms with E-state index in [1.807, 2.05) is 24.1 Å². The summed E-state index contributed by atoms with van der Waals surface area (Å²) in [6.45, 7) is 6.18. The molecule has 2 amide bonds. The third kappa shape index (κ3) is 5.41. The van der Waals surface area contributed by atoms with Gasteiger partial charge in [-0.05, 0) is 13.8 Å². The first-order chi connectivity index (χ1) is 10.0. The molecular weight excluding hydrogens is 292 g/mol. The second-order valence-electron chi connectivity index (χ2n) is 5.07. The number of nitrogens with one attached hydrogen (secondary N) is 2. The molecule has 0 aromatic carbocycles. The van der Waals surface area contributed by atoms with Crippen LogP contribution < -0.4 is 10.9 Å². The number of aromatic nitrogens is 1. The Morgan fingerprint density at radius 1 is 1.48 bits per heavy atom. The Labute approximate surface area is 127 Å². The monoisotopic (exact) mass is 312 g/mol. The summed E-state index contributed by atoms with van der Waals surface area (Å²) in [4.78, 5) is 29.6. The molecule has 2 rings (SSSR count). The van der Waals surface area contributed by atoms with E-state index in [0.717, 1.165) is 23.8 Å². The van der Waals surface area contributed by atoms with Gasteiger partial charge in [0.15, 0.2) is 0 Å². The van der Waals surface area contributed by atoms with Crippen molar-refractivity contribution in [1.29, 1.82) is 0 Å². The Balaban J connectivity index is 1.67. The zero-order valence-electron chi connectivity index (χ0n) is 12.2. The molecule has 2 heterocycles. The largest absolute Gasteiger partial charge is 0.376 e. The molecule has 0 saturated carbocycles. The van der Waals surface area contributed by atoms with Crippen molar-refractivity contribution in [2.45, 2.75) is 26.4 Å². The van der Waals surface area contributed by atoms with E-state index in [0.29, 0.717) is 6.61 Å². The number of rotatable bonds is 4. The zero-order chi connectivity index (χ0) is 15.2. The average molecular weight is 312 g/mol. The van der Waals surface area contributed by atoms with Crippen LogP contribution >= 0.6 is 11.3 Å². The lowest BCUT2D eigenvalue weighted by molar-refractivity contribution is -0.130. The standard InChI is InChI=1S/C13H20N4O3S/c1-9-8-21-13(14-9)5-11(18)15-16-12(19)7-17-3-4-20-10(2)6-17/h8,10H,3-7H2,1-2H3,(H,15,18)(H,16,19). The highest BCUT2D eigenvalue weighted by Crippen LogP contribution is 2.08. The molecule has 0 bridgehead atoms. The molecule has 0 aliphatic carbocycles. The summed E-state index contributed by atoms with van der Waals surface area (Å²) in [5.74, 6) is -0.499. The lowest BCUT2D eigenvalue weighted by Gasteiger charge is -2.30. The molecule has 1 aliphatic heterocycles. The number of amides is 2. The van der Waals surface area contributed by atoms with Crippen molar-refractivity contribution in [3.05, 3.63) is 16.1 Å². The number of carbonyl (C=O) groups is 2. The van der Waals surface area contributed by atoms with E-state index in [9.17, 15) is 9.59 Å². The van der Waals surface area contributed by atoms with Crippen LogP contribution in [-0.4, -0.2) is 54.0 Å². The third-order valence-electron chi connectivity index (χ3n) is 3.01. The van der Waals surface area contributed by atoms with Gasteiger partial charge in [-0.1, -0.05) is 0 Å². The Hall–Kier alpha value is -1.51. The van der Waals surface area contributed by atoms with E-state index >= 15 is 0 Å². The van der Waals surface area contributed by atoms with Gasteiger partial charge in [0, 0.05) is 24.2 Å². The van der Waals surface area contributed by atoms with Crippen molar-refractivity contribution in [3.8, 4) is 0 Å². The van der Waals surface area contributed by atoms with Crippen LogP contribution in [0.25, 0.3) is 0 Å². The topological polar surface area (TPSA) is 83.6 Å². The summed E-state index contributed by atoms with van der Waals surface area (Å²) in [6, 6.07) is 0. The second-order valence-corrected chi connectivity index (χ2v) is 6.01. The second kappa shape index (κ2) is 7.48. The molecule has 1 aromatic heterocycles. The van der Waals surface area contributed by atoms with E-state index in [1.54, 1.807) is 0 Å². The van der Waals surface area contributed by atoms with E-state index in [2.05, 4.69) is 15.8 Å². The molecule has 1 unspecified atom stereocenters. The van der Waals surface area contributed by atoms with Crippen LogP contribution in [0, 0.1) is 6.92 Å². The van der Waals surface area contributed by atoms with Crippen LogP contribution in [0.1, 0.15) is 17.6 Å². The number of ether oxygens (including phenoxy) is 1. The lowest BCUT2D eigenvalue weighted by Crippen LogP contribution is -2.50. The molecule has 1 saturated heterocycles. The zero-order valence-corrected chi connectivity index (χ0v) is 13.0. The van der Waals surface area contributed by atoms with Crippen LogP contribution in [0.5, 0.6) is 0 Å². The highest BCUT2D eigenvalue weighted by atomic mass is 32.1. The average Bonchev–Trinajstić information content (AvgIpc) is 2.82. The minimum atomic E-state index is -0.270. The molecule has 7 nitrogen and oxygen atoms in total. The van der Waals surface area contributed by atoms with Gasteiger partial charge in [-0.15, -0.1) is 11.3 Å². The molecule has 0 radical (unpaired) electrons. The van der Waals surface area contributed by atoms with Crippen LogP contribution in [0.2, 0.25) is 0 Å². The SMILES string of the molecule is Cc1csc(CC(=O)NNC(=O)CN2CCOC(C)C2)n1. The first-order valence-electron chi connectivity index (χ1n) is 6.85. The van der Waals surface area contributed by atoms with E-state index in [4.69, 9.17) is 4.74 Å². The normalized spacial score (nSPS) is 19.2. The van der Waals surface area contributed by atoms with Gasteiger partial charge >= 0.3 is 0 Å². The highest BCUT2D eigenvalue weighted by molar-refractivity contribution is 7.09. The van der Waals surface area contributed by atoms with Crippen molar-refractivity contribution < 1.29 is 14.3 Å². The quantitative estimate of drug-likeness (QED) is 0.756. The van der Waals surface area contributed by atoms with E-state index in [-0.39, 0.29) is 30.9 Å². The fourth-order valence-corrected chi connectivity index (χ4v) is 2.85. The van der Waals surface area contributed by atoms with Crippen molar-refractivity contribution in [2.75, 3.05) is 26.2 Å². The van der Waals surface area contributed by atoms with Gasteiger partial charge in [0.1, 0.15) is 5.01 Å². The maximum Gasteiger partial charge on any atom is 0.252 e. The van der Waals surface area contributed by atoms with Crippen molar-refractivity contribution in [3.63, 3.8) is 0 Å². The molecule has 1 aliphatic rings. The van der Waals surface area contributed by atoms with E-state index in [1.165, 1.54) is 11.3 Å². The Morgan fingerprint density at radius 2 is 2.24 bits per heavy atom. The minimum Gasteiger partial charge on any atom is -0.376 e. The van der Waals surface area contributed by atoms with Gasteiger partial charge in [0.05, 0.1) is 25.7 Å². The summed E-state index contributed by atoms with van der Waals surface area (Å²) in [7, 11) is 0. The number of nitrogens with zero attached hydrogens (tertiary/aromatic N) is 2. The first-order valence-corrected chi connectivity index (χ1v) is 7.73. The number of morpholine rings is 1. The minimum absolute atomic E-state index is 0.134. The number of thiazole rings is 1. The van der Waals surface area contributed by atoms with Gasteiger partial charge in [0.2, 0.25) is 5.91 Å². The molecule has 1 aromatic rings. The number of hydrazine groups is 1. The molecule has 1 fully saturated rings. The molecule has 116 valence electrons. The Bertz CT molecular complexity index is 505. The fraction of sp³-hybridized carbons (Fsp3) is 0.615. The van der Waals surface area contributed by atoms with Crippen LogP contribution in [-0.2, 0) is 20.7 Å². The predicted molar refractivity (Wildman–Crippen MR) is 78.7 cm³/mol. The molecule has 0 spiro atoms. The summed E-state index contributed by atoms with van der Waals surface area (Å²) in [5.41, 5.74) is 5.74. The lowest BCUT2D eigenvalue weighted by atomic mass is 10.3.